The van der Waals surface area contributed by atoms with E-state index in [9.17, 15) is 14.0 Å². The van der Waals surface area contributed by atoms with Crippen molar-refractivity contribution in [3.05, 3.63) is 64.4 Å². The molecule has 0 radical (unpaired) electrons. The summed E-state index contributed by atoms with van der Waals surface area (Å²) in [6.07, 6.45) is 0.967. The van der Waals surface area contributed by atoms with E-state index in [4.69, 9.17) is 0 Å². The van der Waals surface area contributed by atoms with Gasteiger partial charge in [0.25, 0.3) is 5.91 Å². The van der Waals surface area contributed by atoms with Crippen molar-refractivity contribution in [2.24, 2.45) is 5.92 Å². The summed E-state index contributed by atoms with van der Waals surface area (Å²) < 4.78 is 14.3. The van der Waals surface area contributed by atoms with Crippen LogP contribution in [0.1, 0.15) is 18.0 Å². The molecule has 5 rings (SSSR count). The molecule has 0 bridgehead atoms. The second-order valence-corrected chi connectivity index (χ2v) is 8.05. The van der Waals surface area contributed by atoms with Gasteiger partial charge in [-0.3, -0.25) is 9.59 Å². The van der Waals surface area contributed by atoms with Crippen LogP contribution in [0.15, 0.2) is 53.0 Å². The molecule has 3 fully saturated rings. The van der Waals surface area contributed by atoms with Gasteiger partial charge in [0.2, 0.25) is 5.91 Å². The first kappa shape index (κ1) is 17.0. The van der Waals surface area contributed by atoms with Crippen LogP contribution in [0.4, 0.5) is 10.1 Å². The first-order valence-corrected chi connectivity index (χ1v) is 9.77. The Balaban J connectivity index is 1.57. The molecule has 3 heterocycles. The van der Waals surface area contributed by atoms with Crippen molar-refractivity contribution in [1.29, 1.82) is 0 Å². The largest absolute Gasteiger partial charge is 0.274 e. The van der Waals surface area contributed by atoms with Crippen LogP contribution >= 0.6 is 15.9 Å². The summed E-state index contributed by atoms with van der Waals surface area (Å²) in [6.45, 7) is 1.61. The van der Waals surface area contributed by atoms with E-state index in [0.29, 0.717) is 5.69 Å². The van der Waals surface area contributed by atoms with E-state index >= 15 is 0 Å². The molecular weight excluding hydrogens is 413 g/mol. The number of hydrogen-bond donors (Lipinski definition) is 0. The number of nitrogens with zero attached hydrogens (tertiary/aromatic N) is 3. The topological polar surface area (TPSA) is 43.9 Å². The Morgan fingerprint density at radius 2 is 1.48 bits per heavy atom. The van der Waals surface area contributed by atoms with Gasteiger partial charge in [0.1, 0.15) is 11.9 Å². The van der Waals surface area contributed by atoms with E-state index in [-0.39, 0.29) is 17.9 Å². The molecule has 0 aliphatic carbocycles. The average Bonchev–Trinajstić information content (AvgIpc) is 3.30. The highest BCUT2D eigenvalue weighted by atomic mass is 79.9. The van der Waals surface area contributed by atoms with Crippen molar-refractivity contribution in [3.8, 4) is 0 Å². The molecule has 27 heavy (non-hydrogen) atoms. The number of benzene rings is 2. The van der Waals surface area contributed by atoms with E-state index in [1.54, 1.807) is 0 Å². The van der Waals surface area contributed by atoms with Crippen LogP contribution in [0.25, 0.3) is 0 Å². The van der Waals surface area contributed by atoms with Gasteiger partial charge < -0.3 is 0 Å². The average molecular weight is 430 g/mol. The maximum absolute atomic E-state index is 13.3. The standard InChI is InChI=1S/C20H17BrFN3O2/c21-13-4-2-12(3-5-13)17-16-18(24-11-1-10-23(17)24)20(27)25(19(16)26)15-8-6-14(22)7-9-15/h2-9,16-18H,1,10-11H2/t16-,17+,18-/m1/s1. The highest BCUT2D eigenvalue weighted by molar-refractivity contribution is 9.10. The molecule has 3 saturated heterocycles. The normalized spacial score (nSPS) is 28.1. The van der Waals surface area contributed by atoms with Gasteiger partial charge in [0.15, 0.2) is 0 Å². The fourth-order valence-electron chi connectivity index (χ4n) is 4.62. The number of hydrogen-bond acceptors (Lipinski definition) is 4. The molecule has 2 aromatic carbocycles. The fraction of sp³-hybridized carbons (Fsp3) is 0.300. The number of imide groups is 1. The second-order valence-electron chi connectivity index (χ2n) is 7.14. The first-order valence-electron chi connectivity index (χ1n) is 8.98. The molecule has 2 amide bonds. The van der Waals surface area contributed by atoms with Crippen LogP contribution in [0.2, 0.25) is 0 Å². The summed E-state index contributed by atoms with van der Waals surface area (Å²) in [5.41, 5.74) is 1.46. The Bertz CT molecular complexity index is 918. The van der Waals surface area contributed by atoms with Gasteiger partial charge in [-0.25, -0.2) is 19.3 Å². The number of carbonyl (C=O) groups excluding carboxylic acids is 2. The molecule has 138 valence electrons. The Labute approximate surface area is 164 Å². The Morgan fingerprint density at radius 3 is 2.15 bits per heavy atom. The number of anilines is 1. The zero-order valence-corrected chi connectivity index (χ0v) is 16.0. The van der Waals surface area contributed by atoms with Gasteiger partial charge in [0, 0.05) is 17.6 Å². The summed E-state index contributed by atoms with van der Waals surface area (Å²) in [4.78, 5) is 27.7. The molecule has 0 aromatic heterocycles. The third-order valence-electron chi connectivity index (χ3n) is 5.70. The molecular formula is C20H17BrFN3O2. The van der Waals surface area contributed by atoms with Crippen molar-refractivity contribution in [2.45, 2.75) is 18.5 Å². The number of fused-ring (bicyclic) bond motifs is 3. The van der Waals surface area contributed by atoms with Crippen LogP contribution in [-0.2, 0) is 9.59 Å². The quantitative estimate of drug-likeness (QED) is 0.687. The van der Waals surface area contributed by atoms with Gasteiger partial charge >= 0.3 is 0 Å². The van der Waals surface area contributed by atoms with Crippen LogP contribution in [-0.4, -0.2) is 41.0 Å². The lowest BCUT2D eigenvalue weighted by Crippen LogP contribution is -2.44. The number of amides is 2. The van der Waals surface area contributed by atoms with Crippen LogP contribution in [0, 0.1) is 11.7 Å². The lowest BCUT2D eigenvalue weighted by atomic mass is 9.90. The van der Waals surface area contributed by atoms with E-state index in [2.05, 4.69) is 25.9 Å². The molecule has 3 atom stereocenters. The van der Waals surface area contributed by atoms with Crippen LogP contribution in [0.5, 0.6) is 0 Å². The van der Waals surface area contributed by atoms with Gasteiger partial charge in [-0.05, 0) is 48.4 Å². The maximum atomic E-state index is 13.3. The molecule has 2 aromatic rings. The predicted molar refractivity (Wildman–Crippen MR) is 101 cm³/mol. The second kappa shape index (κ2) is 6.22. The van der Waals surface area contributed by atoms with Gasteiger partial charge in [-0.15, -0.1) is 0 Å². The summed E-state index contributed by atoms with van der Waals surface area (Å²) in [7, 11) is 0. The van der Waals surface area contributed by atoms with Gasteiger partial charge in [-0.2, -0.15) is 0 Å². The number of hydrazine groups is 1. The molecule has 5 nitrogen and oxygen atoms in total. The number of carbonyl (C=O) groups is 2. The Kier molecular flexibility index (Phi) is 3.93. The third kappa shape index (κ3) is 2.49. The zero-order valence-electron chi connectivity index (χ0n) is 14.4. The Hall–Kier alpha value is -2.09. The summed E-state index contributed by atoms with van der Waals surface area (Å²) in [5, 5.41) is 4.23. The molecule has 3 aliphatic rings. The SMILES string of the molecule is O=C1[C@H]2[C@H](C(=O)N1c1ccc(F)cc1)N1CCCN1[C@H]2c1ccc(Br)cc1. The molecule has 3 aliphatic heterocycles. The molecule has 0 unspecified atom stereocenters. The van der Waals surface area contributed by atoms with Crippen molar-refractivity contribution in [3.63, 3.8) is 0 Å². The Morgan fingerprint density at radius 1 is 0.852 bits per heavy atom. The summed E-state index contributed by atoms with van der Waals surface area (Å²) >= 11 is 3.45. The maximum Gasteiger partial charge on any atom is 0.253 e. The summed E-state index contributed by atoms with van der Waals surface area (Å²) in [6, 6.07) is 12.8. The highest BCUT2D eigenvalue weighted by Gasteiger charge is 2.62. The van der Waals surface area contributed by atoms with Crippen molar-refractivity contribution in [1.82, 2.24) is 10.0 Å². The van der Waals surface area contributed by atoms with Gasteiger partial charge in [0.05, 0.1) is 17.6 Å². The summed E-state index contributed by atoms with van der Waals surface area (Å²) in [5.74, 6) is -1.28. The van der Waals surface area contributed by atoms with E-state index in [1.165, 1.54) is 29.2 Å². The molecule has 7 heteroatoms. The predicted octanol–water partition coefficient (Wildman–Crippen LogP) is 3.12. The molecule has 0 N–H and O–H groups in total. The highest BCUT2D eigenvalue weighted by Crippen LogP contribution is 2.48. The van der Waals surface area contributed by atoms with Crippen LogP contribution < -0.4 is 4.90 Å². The number of halogens is 2. The minimum absolute atomic E-state index is 0.160. The smallest absolute Gasteiger partial charge is 0.253 e. The van der Waals surface area contributed by atoms with E-state index in [1.807, 2.05) is 24.3 Å². The molecule has 0 spiro atoms. The van der Waals surface area contributed by atoms with Gasteiger partial charge in [-0.1, -0.05) is 28.1 Å². The molecule has 0 saturated carbocycles. The fourth-order valence-corrected chi connectivity index (χ4v) is 4.88. The van der Waals surface area contributed by atoms with E-state index in [0.717, 1.165) is 29.5 Å². The zero-order chi connectivity index (χ0) is 18.7. The number of rotatable bonds is 2. The minimum Gasteiger partial charge on any atom is -0.274 e. The monoisotopic (exact) mass is 429 g/mol. The first-order chi connectivity index (χ1) is 13.1. The third-order valence-corrected chi connectivity index (χ3v) is 6.23. The lowest BCUT2D eigenvalue weighted by Gasteiger charge is -2.29. The van der Waals surface area contributed by atoms with Crippen molar-refractivity contribution < 1.29 is 14.0 Å². The van der Waals surface area contributed by atoms with E-state index < -0.39 is 17.8 Å². The van der Waals surface area contributed by atoms with Crippen molar-refractivity contribution >= 4 is 33.4 Å². The lowest BCUT2D eigenvalue weighted by molar-refractivity contribution is -0.126. The van der Waals surface area contributed by atoms with Crippen molar-refractivity contribution in [2.75, 3.05) is 18.0 Å². The van der Waals surface area contributed by atoms with Crippen LogP contribution in [0.3, 0.4) is 0 Å². The minimum atomic E-state index is -0.487.